The van der Waals surface area contributed by atoms with Gasteiger partial charge in [-0.15, -0.1) is 17.0 Å². The molecule has 1 aliphatic rings. The summed E-state index contributed by atoms with van der Waals surface area (Å²) >= 11 is 0. The fourth-order valence-corrected chi connectivity index (χ4v) is 3.81. The maximum atomic E-state index is 13.2. The van der Waals surface area contributed by atoms with Crippen LogP contribution in [0.15, 0.2) is 12.1 Å². The Morgan fingerprint density at radius 2 is 1.77 bits per heavy atom. The van der Waals surface area contributed by atoms with E-state index in [1.54, 1.807) is 11.0 Å². The number of nitrogens with zero attached hydrogens (tertiary/aromatic N) is 1. The van der Waals surface area contributed by atoms with Crippen LogP contribution in [0.5, 0.6) is 5.75 Å². The second kappa shape index (κ2) is 10.2. The third kappa shape index (κ3) is 6.79. The number of hydrogen-bond acceptors (Lipinski definition) is 4. The first kappa shape index (κ1) is 27.1. The van der Waals surface area contributed by atoms with E-state index in [1.807, 2.05) is 26.8 Å². The third-order valence-corrected chi connectivity index (χ3v) is 5.76. The maximum absolute atomic E-state index is 13.2. The maximum Gasteiger partial charge on any atom is 0.216 e. The summed E-state index contributed by atoms with van der Waals surface area (Å²) in [5.74, 6) is 0.292. The molecular weight excluding hydrogens is 458 g/mol. The van der Waals surface area contributed by atoms with E-state index in [0.717, 1.165) is 17.5 Å². The highest BCUT2D eigenvalue weighted by Crippen LogP contribution is 2.38. The molecule has 0 aromatic heterocycles. The summed E-state index contributed by atoms with van der Waals surface area (Å²) in [6, 6.07) is 3.81. The highest BCUT2D eigenvalue weighted by molar-refractivity contribution is 8.93. The molecule has 7 heteroatoms. The first-order chi connectivity index (χ1) is 13.7. The van der Waals surface area contributed by atoms with Gasteiger partial charge in [0.15, 0.2) is 5.78 Å². The van der Waals surface area contributed by atoms with Crippen molar-refractivity contribution in [2.75, 3.05) is 19.6 Å². The Balaban J connectivity index is 0.00000480. The van der Waals surface area contributed by atoms with Crippen molar-refractivity contribution in [3.05, 3.63) is 28.8 Å². The number of ketones is 1. The molecule has 0 saturated carbocycles. The fraction of sp³-hybridized carbons (Fsp3) is 0.625. The summed E-state index contributed by atoms with van der Waals surface area (Å²) in [6.45, 7) is 15.1. The van der Waals surface area contributed by atoms with Gasteiger partial charge < -0.3 is 15.3 Å². The standard InChI is InChI=1S/C24H37N3O3.BrH/c1-15(28)26-10-8-16-9-11-27(22(16)25)14-20(29)18-12-17(23(2,3)4)13-19(21(18)30)24(5,6)7;/h12-13,16,25,30H,8-11,14H2,1-7H3,(H,26,28);1H. The zero-order chi connectivity index (χ0) is 22.9. The van der Waals surface area contributed by atoms with E-state index in [4.69, 9.17) is 5.41 Å². The summed E-state index contributed by atoms with van der Waals surface area (Å²) in [5.41, 5.74) is 1.66. The summed E-state index contributed by atoms with van der Waals surface area (Å²) in [7, 11) is 0. The molecule has 31 heavy (non-hydrogen) atoms. The molecule has 2 rings (SSSR count). The van der Waals surface area contributed by atoms with Gasteiger partial charge in [-0.25, -0.2) is 0 Å². The first-order valence-electron chi connectivity index (χ1n) is 10.7. The predicted octanol–water partition coefficient (Wildman–Crippen LogP) is 4.57. The van der Waals surface area contributed by atoms with Crippen molar-refractivity contribution in [2.24, 2.45) is 5.92 Å². The number of amidine groups is 1. The van der Waals surface area contributed by atoms with Crippen LogP contribution in [0.25, 0.3) is 0 Å². The van der Waals surface area contributed by atoms with Gasteiger partial charge in [0.05, 0.1) is 17.9 Å². The van der Waals surface area contributed by atoms with Gasteiger partial charge in [-0.1, -0.05) is 47.6 Å². The lowest BCUT2D eigenvalue weighted by Gasteiger charge is -2.28. The van der Waals surface area contributed by atoms with Crippen LogP contribution in [0.2, 0.25) is 0 Å². The molecule has 174 valence electrons. The molecule has 1 saturated heterocycles. The van der Waals surface area contributed by atoms with E-state index < -0.39 is 0 Å². The Morgan fingerprint density at radius 3 is 2.29 bits per heavy atom. The molecule has 0 bridgehead atoms. The second-order valence-electron chi connectivity index (χ2n) is 10.4. The lowest BCUT2D eigenvalue weighted by molar-refractivity contribution is -0.118. The van der Waals surface area contributed by atoms with Crippen LogP contribution < -0.4 is 5.32 Å². The number of halogens is 1. The summed E-state index contributed by atoms with van der Waals surface area (Å²) in [5, 5.41) is 22.1. The van der Waals surface area contributed by atoms with Crippen LogP contribution in [-0.2, 0) is 15.6 Å². The van der Waals surface area contributed by atoms with Crippen molar-refractivity contribution in [1.29, 1.82) is 5.41 Å². The Bertz CT molecular complexity index is 838. The van der Waals surface area contributed by atoms with Gasteiger partial charge in [-0.2, -0.15) is 0 Å². The number of Topliss-reactive ketones (excluding diaryl/α,β-unsaturated/α-hetero) is 1. The topological polar surface area (TPSA) is 93.5 Å². The van der Waals surface area contributed by atoms with Gasteiger partial charge in [-0.05, 0) is 35.3 Å². The number of carbonyl (C=O) groups excluding carboxylic acids is 2. The molecule has 1 fully saturated rings. The number of likely N-dealkylation sites (tertiary alicyclic amines) is 1. The average molecular weight is 496 g/mol. The number of rotatable bonds is 6. The van der Waals surface area contributed by atoms with Crippen LogP contribution in [0.4, 0.5) is 0 Å². The molecule has 1 heterocycles. The van der Waals surface area contributed by atoms with Gasteiger partial charge in [0.2, 0.25) is 5.91 Å². The lowest BCUT2D eigenvalue weighted by atomic mass is 9.78. The first-order valence-corrected chi connectivity index (χ1v) is 10.7. The monoisotopic (exact) mass is 495 g/mol. The zero-order valence-corrected chi connectivity index (χ0v) is 21.6. The molecule has 1 amide bonds. The minimum absolute atomic E-state index is 0. The highest BCUT2D eigenvalue weighted by atomic mass is 79.9. The van der Waals surface area contributed by atoms with E-state index in [-0.39, 0.29) is 57.7 Å². The SMILES string of the molecule is Br.CC(=O)NCCC1CCN(CC(=O)c2cc(C(C)(C)C)cc(C(C)(C)C)c2O)C1=N. The molecule has 1 aliphatic heterocycles. The molecule has 0 radical (unpaired) electrons. The van der Waals surface area contributed by atoms with Crippen molar-refractivity contribution >= 4 is 34.5 Å². The Hall–Kier alpha value is -1.89. The summed E-state index contributed by atoms with van der Waals surface area (Å²) < 4.78 is 0. The number of carbonyl (C=O) groups is 2. The molecule has 3 N–H and O–H groups in total. The lowest BCUT2D eigenvalue weighted by Crippen LogP contribution is -2.33. The molecule has 1 atom stereocenters. The van der Waals surface area contributed by atoms with Gasteiger partial charge in [-0.3, -0.25) is 15.0 Å². The van der Waals surface area contributed by atoms with E-state index in [2.05, 4.69) is 26.1 Å². The molecule has 0 spiro atoms. The van der Waals surface area contributed by atoms with Gasteiger partial charge in [0.1, 0.15) is 5.75 Å². The van der Waals surface area contributed by atoms with E-state index in [9.17, 15) is 14.7 Å². The number of benzene rings is 1. The number of phenolic OH excluding ortho intramolecular Hbond substituents is 1. The molecule has 6 nitrogen and oxygen atoms in total. The van der Waals surface area contributed by atoms with Crippen molar-refractivity contribution in [1.82, 2.24) is 10.2 Å². The van der Waals surface area contributed by atoms with Gasteiger partial charge in [0.25, 0.3) is 0 Å². The van der Waals surface area contributed by atoms with Crippen molar-refractivity contribution < 1.29 is 14.7 Å². The minimum atomic E-state index is -0.296. The molecule has 1 aromatic carbocycles. The van der Waals surface area contributed by atoms with Gasteiger partial charge in [0, 0.05) is 31.5 Å². The quantitative estimate of drug-likeness (QED) is 0.503. The van der Waals surface area contributed by atoms with E-state index >= 15 is 0 Å². The number of nitrogens with one attached hydrogen (secondary N) is 2. The fourth-order valence-electron chi connectivity index (χ4n) is 3.81. The molecule has 1 aromatic rings. The summed E-state index contributed by atoms with van der Waals surface area (Å²) in [6.07, 6.45) is 1.50. The van der Waals surface area contributed by atoms with Crippen LogP contribution in [0.3, 0.4) is 0 Å². The van der Waals surface area contributed by atoms with E-state index in [1.165, 1.54) is 6.92 Å². The highest BCUT2D eigenvalue weighted by Gasteiger charge is 2.32. The average Bonchev–Trinajstić information content (AvgIpc) is 2.93. The Labute approximate surface area is 197 Å². The normalized spacial score (nSPS) is 16.8. The van der Waals surface area contributed by atoms with Crippen LogP contribution in [-0.4, -0.2) is 47.2 Å². The largest absolute Gasteiger partial charge is 0.507 e. The number of amides is 1. The predicted molar refractivity (Wildman–Crippen MR) is 131 cm³/mol. The minimum Gasteiger partial charge on any atom is -0.507 e. The molecular formula is C24H38BrN3O3. The number of aromatic hydroxyl groups is 1. The van der Waals surface area contributed by atoms with Gasteiger partial charge >= 0.3 is 0 Å². The van der Waals surface area contributed by atoms with Crippen molar-refractivity contribution in [3.63, 3.8) is 0 Å². The third-order valence-electron chi connectivity index (χ3n) is 5.76. The second-order valence-corrected chi connectivity index (χ2v) is 10.4. The number of hydrogen-bond donors (Lipinski definition) is 3. The smallest absolute Gasteiger partial charge is 0.216 e. The Morgan fingerprint density at radius 1 is 1.16 bits per heavy atom. The van der Waals surface area contributed by atoms with Crippen molar-refractivity contribution in [2.45, 2.75) is 72.1 Å². The number of phenols is 1. The molecule has 1 unspecified atom stereocenters. The van der Waals surface area contributed by atoms with Crippen molar-refractivity contribution in [3.8, 4) is 5.75 Å². The van der Waals surface area contributed by atoms with E-state index in [0.29, 0.717) is 30.9 Å². The van der Waals surface area contributed by atoms with Crippen LogP contribution in [0.1, 0.15) is 82.8 Å². The van der Waals surface area contributed by atoms with Crippen LogP contribution in [0, 0.1) is 11.3 Å². The van der Waals surface area contributed by atoms with Crippen LogP contribution >= 0.6 is 17.0 Å². The molecule has 0 aliphatic carbocycles. The zero-order valence-electron chi connectivity index (χ0n) is 19.9. The Kier molecular flexibility index (Phi) is 8.89. The summed E-state index contributed by atoms with van der Waals surface area (Å²) in [4.78, 5) is 26.0.